The molecule has 1 aromatic rings. The second kappa shape index (κ2) is 4.93. The number of halogens is 1. The summed E-state index contributed by atoms with van der Waals surface area (Å²) < 4.78 is 18.9. The van der Waals surface area contributed by atoms with E-state index < -0.39 is 35.2 Å². The number of phenols is 2. The Labute approximate surface area is 108 Å². The Morgan fingerprint density at radius 1 is 1.53 bits per heavy atom. The fourth-order valence-electron chi connectivity index (χ4n) is 2.24. The van der Waals surface area contributed by atoms with Crippen LogP contribution in [0.5, 0.6) is 17.2 Å². The second-order valence-corrected chi connectivity index (χ2v) is 4.41. The predicted octanol–water partition coefficient (Wildman–Crippen LogP) is 0.981. The predicted molar refractivity (Wildman–Crippen MR) is 62.8 cm³/mol. The number of hydrogen-bond acceptors (Lipinski definition) is 5. The highest BCUT2D eigenvalue weighted by Gasteiger charge is 2.35. The summed E-state index contributed by atoms with van der Waals surface area (Å²) in [5.74, 6) is -3.75. The van der Waals surface area contributed by atoms with Crippen LogP contribution < -0.4 is 10.1 Å². The number of ether oxygens (including phenoxy) is 1. The van der Waals surface area contributed by atoms with Gasteiger partial charge in [-0.2, -0.15) is 0 Å². The minimum Gasteiger partial charge on any atom is -0.504 e. The Morgan fingerprint density at radius 2 is 2.21 bits per heavy atom. The standard InChI is InChI=1S/C12H14FNO5/c1-19-8-3-7(15)11(16)9(10(8)13)6-2-5(4-14-6)12(17)18/h3,5-6,14-16H,2,4H2,1H3,(H,17,18). The summed E-state index contributed by atoms with van der Waals surface area (Å²) in [7, 11) is 1.24. The first-order valence-corrected chi connectivity index (χ1v) is 5.70. The second-order valence-electron chi connectivity index (χ2n) is 4.41. The van der Waals surface area contributed by atoms with Gasteiger partial charge >= 0.3 is 5.97 Å². The fourth-order valence-corrected chi connectivity index (χ4v) is 2.24. The molecule has 1 aliphatic rings. The largest absolute Gasteiger partial charge is 0.504 e. The molecule has 0 spiro atoms. The lowest BCUT2D eigenvalue weighted by Crippen LogP contribution is -2.18. The number of carboxylic acid groups (broad SMARTS) is 1. The summed E-state index contributed by atoms with van der Waals surface area (Å²) in [5.41, 5.74) is -0.166. The lowest BCUT2D eigenvalue weighted by atomic mass is 9.98. The van der Waals surface area contributed by atoms with Gasteiger partial charge in [0.2, 0.25) is 0 Å². The highest BCUT2D eigenvalue weighted by molar-refractivity contribution is 5.71. The van der Waals surface area contributed by atoms with Gasteiger partial charge in [-0.05, 0) is 6.42 Å². The smallest absolute Gasteiger partial charge is 0.307 e. The monoisotopic (exact) mass is 271 g/mol. The third-order valence-corrected chi connectivity index (χ3v) is 3.27. The maximum atomic E-state index is 14.1. The molecule has 7 heteroatoms. The van der Waals surface area contributed by atoms with Crippen LogP contribution in [0, 0.1) is 11.7 Å². The van der Waals surface area contributed by atoms with Crippen molar-refractivity contribution in [1.29, 1.82) is 0 Å². The van der Waals surface area contributed by atoms with Crippen LogP contribution in [0.25, 0.3) is 0 Å². The van der Waals surface area contributed by atoms with Crippen molar-refractivity contribution in [3.63, 3.8) is 0 Å². The molecule has 4 N–H and O–H groups in total. The van der Waals surface area contributed by atoms with Crippen molar-refractivity contribution in [2.45, 2.75) is 12.5 Å². The van der Waals surface area contributed by atoms with Crippen LogP contribution in [0.4, 0.5) is 4.39 Å². The molecule has 0 aromatic heterocycles. The van der Waals surface area contributed by atoms with E-state index in [1.54, 1.807) is 0 Å². The van der Waals surface area contributed by atoms with Crippen molar-refractivity contribution >= 4 is 5.97 Å². The highest BCUT2D eigenvalue weighted by atomic mass is 19.1. The Bertz CT molecular complexity index is 519. The molecule has 2 atom stereocenters. The molecular weight excluding hydrogens is 257 g/mol. The van der Waals surface area contributed by atoms with Crippen molar-refractivity contribution in [3.05, 3.63) is 17.4 Å². The van der Waals surface area contributed by atoms with Gasteiger partial charge in [-0.15, -0.1) is 0 Å². The normalized spacial score (nSPS) is 22.4. The van der Waals surface area contributed by atoms with E-state index in [0.29, 0.717) is 0 Å². The third kappa shape index (κ3) is 2.28. The molecule has 6 nitrogen and oxygen atoms in total. The SMILES string of the molecule is COc1cc(O)c(O)c(C2CC(C(=O)O)CN2)c1F. The summed E-state index contributed by atoms with van der Waals surface area (Å²) in [4.78, 5) is 10.9. The van der Waals surface area contributed by atoms with Gasteiger partial charge in [0.15, 0.2) is 23.1 Å². The maximum Gasteiger partial charge on any atom is 0.307 e. The highest BCUT2D eigenvalue weighted by Crippen LogP contribution is 2.43. The maximum absolute atomic E-state index is 14.1. The van der Waals surface area contributed by atoms with E-state index in [4.69, 9.17) is 9.84 Å². The molecule has 0 bridgehead atoms. The minimum atomic E-state index is -0.984. The first kappa shape index (κ1) is 13.4. The van der Waals surface area contributed by atoms with Crippen LogP contribution in [-0.2, 0) is 4.79 Å². The summed E-state index contributed by atoms with van der Waals surface area (Å²) in [6.07, 6.45) is 0.131. The Hall–Kier alpha value is -2.02. The van der Waals surface area contributed by atoms with E-state index >= 15 is 0 Å². The van der Waals surface area contributed by atoms with Crippen LogP contribution in [-0.4, -0.2) is 34.9 Å². The lowest BCUT2D eigenvalue weighted by Gasteiger charge is -2.16. The number of methoxy groups -OCH3 is 1. The number of aliphatic carboxylic acids is 1. The molecule has 0 aliphatic carbocycles. The molecule has 0 amide bonds. The summed E-state index contributed by atoms with van der Waals surface area (Å²) in [6.45, 7) is 0.177. The topological polar surface area (TPSA) is 99.0 Å². The van der Waals surface area contributed by atoms with Gasteiger partial charge in [0, 0.05) is 18.7 Å². The Kier molecular flexibility index (Phi) is 3.48. The van der Waals surface area contributed by atoms with E-state index in [1.807, 2.05) is 0 Å². The van der Waals surface area contributed by atoms with Crippen LogP contribution in [0.15, 0.2) is 6.07 Å². The molecule has 0 radical (unpaired) electrons. The summed E-state index contributed by atoms with van der Waals surface area (Å²) in [6, 6.07) is 0.291. The van der Waals surface area contributed by atoms with E-state index in [2.05, 4.69) is 5.32 Å². The van der Waals surface area contributed by atoms with Crippen LogP contribution in [0.3, 0.4) is 0 Å². The number of benzene rings is 1. The molecule has 0 saturated carbocycles. The molecule has 104 valence electrons. The van der Waals surface area contributed by atoms with Crippen molar-refractivity contribution in [3.8, 4) is 17.2 Å². The zero-order valence-corrected chi connectivity index (χ0v) is 10.2. The number of aromatic hydroxyl groups is 2. The van der Waals surface area contributed by atoms with Gasteiger partial charge in [-0.1, -0.05) is 0 Å². The number of phenolic OH excluding ortho intramolecular Hbond substituents is 2. The molecule has 2 unspecified atom stereocenters. The number of rotatable bonds is 3. The summed E-state index contributed by atoms with van der Waals surface area (Å²) >= 11 is 0. The van der Waals surface area contributed by atoms with E-state index in [0.717, 1.165) is 6.07 Å². The molecule has 1 fully saturated rings. The van der Waals surface area contributed by atoms with Gasteiger partial charge in [-0.25, -0.2) is 4.39 Å². The quantitative estimate of drug-likeness (QED) is 0.612. The zero-order chi connectivity index (χ0) is 14.2. The molecular formula is C12H14FNO5. The van der Waals surface area contributed by atoms with E-state index in [9.17, 15) is 19.4 Å². The van der Waals surface area contributed by atoms with E-state index in [-0.39, 0.29) is 24.3 Å². The molecule has 1 aliphatic heterocycles. The molecule has 1 heterocycles. The van der Waals surface area contributed by atoms with Gasteiger partial charge in [0.25, 0.3) is 0 Å². The van der Waals surface area contributed by atoms with Crippen LogP contribution >= 0.6 is 0 Å². The van der Waals surface area contributed by atoms with Gasteiger partial charge in [0.05, 0.1) is 18.6 Å². The number of carboxylic acids is 1. The van der Waals surface area contributed by atoms with Gasteiger partial charge < -0.3 is 25.4 Å². The Balaban J connectivity index is 2.40. The van der Waals surface area contributed by atoms with Gasteiger partial charge in [-0.3, -0.25) is 4.79 Å². The van der Waals surface area contributed by atoms with Crippen molar-refractivity contribution in [2.24, 2.45) is 5.92 Å². The van der Waals surface area contributed by atoms with E-state index in [1.165, 1.54) is 7.11 Å². The molecule has 19 heavy (non-hydrogen) atoms. The first-order valence-electron chi connectivity index (χ1n) is 5.70. The molecule has 1 saturated heterocycles. The van der Waals surface area contributed by atoms with Crippen molar-refractivity contribution < 1.29 is 29.2 Å². The summed E-state index contributed by atoms with van der Waals surface area (Å²) in [5, 5.41) is 31.0. The van der Waals surface area contributed by atoms with Gasteiger partial charge in [0.1, 0.15) is 0 Å². The first-order chi connectivity index (χ1) is 8.95. The van der Waals surface area contributed by atoms with Crippen LogP contribution in [0.1, 0.15) is 18.0 Å². The zero-order valence-electron chi connectivity index (χ0n) is 10.2. The Morgan fingerprint density at radius 3 is 2.74 bits per heavy atom. The molecule has 1 aromatic carbocycles. The molecule has 2 rings (SSSR count). The fraction of sp³-hybridized carbons (Fsp3) is 0.417. The average molecular weight is 271 g/mol. The minimum absolute atomic E-state index is 0.131. The van der Waals surface area contributed by atoms with Crippen LogP contribution in [0.2, 0.25) is 0 Å². The van der Waals surface area contributed by atoms with Crippen molar-refractivity contribution in [2.75, 3.05) is 13.7 Å². The number of hydrogen-bond donors (Lipinski definition) is 4. The van der Waals surface area contributed by atoms with Crippen molar-refractivity contribution in [1.82, 2.24) is 5.32 Å². The average Bonchev–Trinajstić information content (AvgIpc) is 2.83. The lowest BCUT2D eigenvalue weighted by molar-refractivity contribution is -0.141. The number of nitrogens with one attached hydrogen (secondary N) is 1. The number of carbonyl (C=O) groups is 1. The third-order valence-electron chi connectivity index (χ3n) is 3.27.